The fourth-order valence-corrected chi connectivity index (χ4v) is 1.59. The van der Waals surface area contributed by atoms with E-state index in [4.69, 9.17) is 4.42 Å². The maximum absolute atomic E-state index is 11.1. The third-order valence-electron chi connectivity index (χ3n) is 2.42. The van der Waals surface area contributed by atoms with Crippen LogP contribution in [0.3, 0.4) is 0 Å². The molecule has 0 fully saturated rings. The van der Waals surface area contributed by atoms with Gasteiger partial charge in [-0.25, -0.2) is 4.79 Å². The third-order valence-corrected chi connectivity index (χ3v) is 2.42. The molecule has 2 rings (SSSR count). The van der Waals surface area contributed by atoms with Gasteiger partial charge < -0.3 is 4.42 Å². The van der Waals surface area contributed by atoms with Crippen molar-refractivity contribution >= 4 is 11.0 Å². The summed E-state index contributed by atoms with van der Waals surface area (Å²) >= 11 is 0. The SMILES string of the molecule is CCc1ccc2c(C)cc(=O)oc2c1. The van der Waals surface area contributed by atoms with E-state index in [2.05, 4.69) is 13.0 Å². The lowest BCUT2D eigenvalue weighted by Gasteiger charge is -2.01. The van der Waals surface area contributed by atoms with E-state index >= 15 is 0 Å². The van der Waals surface area contributed by atoms with Crippen LogP contribution in [0.1, 0.15) is 18.1 Å². The smallest absolute Gasteiger partial charge is 0.336 e. The lowest BCUT2D eigenvalue weighted by molar-refractivity contribution is 0.559. The molecule has 0 saturated heterocycles. The first-order valence-electron chi connectivity index (χ1n) is 4.74. The molecular formula is C12H12O2. The first kappa shape index (κ1) is 9.00. The summed E-state index contributed by atoms with van der Waals surface area (Å²) in [7, 11) is 0. The van der Waals surface area contributed by atoms with E-state index in [1.165, 1.54) is 11.6 Å². The molecule has 0 aliphatic carbocycles. The lowest BCUT2D eigenvalue weighted by atomic mass is 10.1. The molecule has 0 amide bonds. The van der Waals surface area contributed by atoms with Crippen molar-refractivity contribution in [2.75, 3.05) is 0 Å². The molecule has 0 aliphatic heterocycles. The zero-order valence-electron chi connectivity index (χ0n) is 8.33. The van der Waals surface area contributed by atoms with E-state index in [9.17, 15) is 4.79 Å². The van der Waals surface area contributed by atoms with E-state index in [0.717, 1.165) is 17.4 Å². The predicted molar refractivity (Wildman–Crippen MR) is 56.6 cm³/mol. The number of hydrogen-bond acceptors (Lipinski definition) is 2. The minimum absolute atomic E-state index is 0.275. The van der Waals surface area contributed by atoms with Crippen LogP contribution < -0.4 is 5.63 Å². The highest BCUT2D eigenvalue weighted by Crippen LogP contribution is 2.17. The number of aryl methyl sites for hydroxylation is 2. The van der Waals surface area contributed by atoms with Gasteiger partial charge in [-0.2, -0.15) is 0 Å². The quantitative estimate of drug-likeness (QED) is 0.644. The maximum atomic E-state index is 11.1. The van der Waals surface area contributed by atoms with Gasteiger partial charge in [0.15, 0.2) is 0 Å². The van der Waals surface area contributed by atoms with E-state index < -0.39 is 0 Å². The van der Waals surface area contributed by atoms with Gasteiger partial charge in [-0.3, -0.25) is 0 Å². The van der Waals surface area contributed by atoms with Gasteiger partial charge in [0.05, 0.1) is 0 Å². The molecule has 0 spiro atoms. The summed E-state index contributed by atoms with van der Waals surface area (Å²) < 4.78 is 5.13. The van der Waals surface area contributed by atoms with Crippen LogP contribution in [0.15, 0.2) is 33.5 Å². The fourth-order valence-electron chi connectivity index (χ4n) is 1.59. The standard InChI is InChI=1S/C12H12O2/c1-3-9-4-5-10-8(2)6-12(13)14-11(10)7-9/h4-7H,3H2,1-2H3. The first-order valence-corrected chi connectivity index (χ1v) is 4.74. The summed E-state index contributed by atoms with van der Waals surface area (Å²) in [4.78, 5) is 11.1. The minimum Gasteiger partial charge on any atom is -0.423 e. The second kappa shape index (κ2) is 3.29. The molecule has 0 radical (unpaired) electrons. The van der Waals surface area contributed by atoms with Crippen molar-refractivity contribution in [1.82, 2.24) is 0 Å². The van der Waals surface area contributed by atoms with Gasteiger partial charge in [0.2, 0.25) is 0 Å². The molecule has 2 heteroatoms. The zero-order chi connectivity index (χ0) is 10.1. The average molecular weight is 188 g/mol. The summed E-state index contributed by atoms with van der Waals surface area (Å²) in [6, 6.07) is 7.53. The molecule has 0 atom stereocenters. The van der Waals surface area contributed by atoms with Crippen molar-refractivity contribution in [3.8, 4) is 0 Å². The molecule has 0 unspecified atom stereocenters. The Labute approximate surface area is 82.2 Å². The predicted octanol–water partition coefficient (Wildman–Crippen LogP) is 2.66. The molecule has 2 aromatic rings. The maximum Gasteiger partial charge on any atom is 0.336 e. The van der Waals surface area contributed by atoms with Gasteiger partial charge in [0.25, 0.3) is 0 Å². The lowest BCUT2D eigenvalue weighted by Crippen LogP contribution is -1.98. The Morgan fingerprint density at radius 1 is 1.29 bits per heavy atom. The van der Waals surface area contributed by atoms with E-state index in [-0.39, 0.29) is 5.63 Å². The Kier molecular flexibility index (Phi) is 2.12. The van der Waals surface area contributed by atoms with Gasteiger partial charge in [0.1, 0.15) is 5.58 Å². The molecule has 0 saturated carbocycles. The Hall–Kier alpha value is -1.57. The normalized spacial score (nSPS) is 10.7. The van der Waals surface area contributed by atoms with Crippen LogP contribution in [0.4, 0.5) is 0 Å². The van der Waals surface area contributed by atoms with E-state index in [1.807, 2.05) is 19.1 Å². The van der Waals surface area contributed by atoms with E-state index in [1.54, 1.807) is 0 Å². The fraction of sp³-hybridized carbons (Fsp3) is 0.250. The molecule has 2 nitrogen and oxygen atoms in total. The molecule has 0 bridgehead atoms. The summed E-state index contributed by atoms with van der Waals surface area (Å²) in [5.74, 6) is 0. The van der Waals surface area contributed by atoms with Crippen molar-refractivity contribution in [3.05, 3.63) is 45.8 Å². The minimum atomic E-state index is -0.275. The van der Waals surface area contributed by atoms with Gasteiger partial charge in [-0.05, 0) is 30.5 Å². The second-order valence-corrected chi connectivity index (χ2v) is 3.43. The van der Waals surface area contributed by atoms with Crippen LogP contribution in [-0.4, -0.2) is 0 Å². The molecular weight excluding hydrogens is 176 g/mol. The van der Waals surface area contributed by atoms with Gasteiger partial charge in [-0.15, -0.1) is 0 Å². The van der Waals surface area contributed by atoms with Crippen LogP contribution in [0.5, 0.6) is 0 Å². The molecule has 0 aliphatic rings. The number of rotatable bonds is 1. The number of benzene rings is 1. The average Bonchev–Trinajstić information content (AvgIpc) is 2.16. The molecule has 14 heavy (non-hydrogen) atoms. The molecule has 0 N–H and O–H groups in total. The van der Waals surface area contributed by atoms with Crippen LogP contribution in [0.25, 0.3) is 11.0 Å². The molecule has 1 heterocycles. The monoisotopic (exact) mass is 188 g/mol. The van der Waals surface area contributed by atoms with Crippen molar-refractivity contribution < 1.29 is 4.42 Å². The third kappa shape index (κ3) is 1.43. The Morgan fingerprint density at radius 2 is 2.07 bits per heavy atom. The second-order valence-electron chi connectivity index (χ2n) is 3.43. The first-order chi connectivity index (χ1) is 6.70. The van der Waals surface area contributed by atoms with Crippen LogP contribution in [0.2, 0.25) is 0 Å². The number of fused-ring (bicyclic) bond motifs is 1. The highest BCUT2D eigenvalue weighted by Gasteiger charge is 2.01. The van der Waals surface area contributed by atoms with Crippen LogP contribution in [0, 0.1) is 6.92 Å². The summed E-state index contributed by atoms with van der Waals surface area (Å²) in [6.45, 7) is 4.00. The van der Waals surface area contributed by atoms with Crippen molar-refractivity contribution in [2.24, 2.45) is 0 Å². The van der Waals surface area contributed by atoms with Gasteiger partial charge in [0, 0.05) is 11.5 Å². The summed E-state index contributed by atoms with van der Waals surface area (Å²) in [5, 5.41) is 1.02. The van der Waals surface area contributed by atoms with Crippen LogP contribution >= 0.6 is 0 Å². The summed E-state index contributed by atoms with van der Waals surface area (Å²) in [5.41, 5.74) is 2.57. The van der Waals surface area contributed by atoms with E-state index in [0.29, 0.717) is 5.58 Å². The Morgan fingerprint density at radius 3 is 2.79 bits per heavy atom. The molecule has 1 aromatic heterocycles. The topological polar surface area (TPSA) is 30.2 Å². The van der Waals surface area contributed by atoms with Gasteiger partial charge >= 0.3 is 5.63 Å². The zero-order valence-corrected chi connectivity index (χ0v) is 8.33. The van der Waals surface area contributed by atoms with Gasteiger partial charge in [-0.1, -0.05) is 19.1 Å². The Balaban J connectivity index is 2.82. The highest BCUT2D eigenvalue weighted by molar-refractivity contribution is 5.80. The Bertz CT molecular complexity index is 523. The largest absolute Gasteiger partial charge is 0.423 e. The number of hydrogen-bond donors (Lipinski definition) is 0. The van der Waals surface area contributed by atoms with Crippen molar-refractivity contribution in [1.29, 1.82) is 0 Å². The molecule has 1 aromatic carbocycles. The molecule has 72 valence electrons. The van der Waals surface area contributed by atoms with Crippen LogP contribution in [-0.2, 0) is 6.42 Å². The van der Waals surface area contributed by atoms with Crippen molar-refractivity contribution in [3.63, 3.8) is 0 Å². The highest BCUT2D eigenvalue weighted by atomic mass is 16.4. The summed E-state index contributed by atoms with van der Waals surface area (Å²) in [6.07, 6.45) is 0.952. The van der Waals surface area contributed by atoms with Crippen molar-refractivity contribution in [2.45, 2.75) is 20.3 Å².